The summed E-state index contributed by atoms with van der Waals surface area (Å²) < 4.78 is 11.8. The van der Waals surface area contributed by atoms with Crippen LogP contribution in [0.2, 0.25) is 5.02 Å². The number of carbonyl (C=O) groups excluding carboxylic acids is 1. The van der Waals surface area contributed by atoms with E-state index in [1.165, 1.54) is 30.7 Å². The van der Waals surface area contributed by atoms with Crippen LogP contribution in [0.3, 0.4) is 0 Å². The third-order valence-corrected chi connectivity index (χ3v) is 3.34. The lowest BCUT2D eigenvalue weighted by molar-refractivity contribution is 0.0601. The molecule has 23 heavy (non-hydrogen) atoms. The second-order valence-corrected chi connectivity index (χ2v) is 4.88. The molecule has 0 amide bonds. The van der Waals surface area contributed by atoms with Gasteiger partial charge in [0.15, 0.2) is 0 Å². The van der Waals surface area contributed by atoms with Crippen LogP contribution in [0.15, 0.2) is 52.5 Å². The average Bonchev–Trinajstić information content (AvgIpc) is 3.24. The predicted octanol–water partition coefficient (Wildman–Crippen LogP) is 2.86. The van der Waals surface area contributed by atoms with Gasteiger partial charge in [-0.3, -0.25) is 0 Å². The van der Waals surface area contributed by atoms with E-state index >= 15 is 0 Å². The molecule has 2 aromatic heterocycles. The van der Waals surface area contributed by atoms with Gasteiger partial charge in [0.25, 0.3) is 0 Å². The van der Waals surface area contributed by atoms with Crippen LogP contribution in [0.25, 0.3) is 11.3 Å². The Morgan fingerprint density at radius 1 is 1.30 bits per heavy atom. The molecule has 3 aromatic rings. The molecule has 0 aliphatic carbocycles. The Kier molecular flexibility index (Phi) is 4.20. The van der Waals surface area contributed by atoms with E-state index < -0.39 is 5.97 Å². The summed E-state index contributed by atoms with van der Waals surface area (Å²) in [6.45, 7) is 0. The Bertz CT molecular complexity index is 855. The standard InChI is InChI=1S/C15H11ClN4O3/c1-22-15(21)12-6-10(2-4-13(12)16)14-5-3-11(23-14)7-19-20-8-17-18-9-20/h2-9H,1H3. The van der Waals surface area contributed by atoms with Gasteiger partial charge in [0.1, 0.15) is 24.2 Å². The minimum absolute atomic E-state index is 0.280. The van der Waals surface area contributed by atoms with Crippen molar-refractivity contribution in [2.45, 2.75) is 0 Å². The van der Waals surface area contributed by atoms with E-state index in [4.69, 9.17) is 20.8 Å². The quantitative estimate of drug-likeness (QED) is 0.542. The molecule has 0 aliphatic heterocycles. The minimum Gasteiger partial charge on any atom is -0.465 e. The second kappa shape index (κ2) is 6.45. The summed E-state index contributed by atoms with van der Waals surface area (Å²) in [4.78, 5) is 11.7. The molecule has 0 radical (unpaired) electrons. The fourth-order valence-corrected chi connectivity index (χ4v) is 2.10. The summed E-state index contributed by atoms with van der Waals surface area (Å²) in [6.07, 6.45) is 4.45. The molecular weight excluding hydrogens is 320 g/mol. The lowest BCUT2D eigenvalue weighted by Gasteiger charge is -2.04. The van der Waals surface area contributed by atoms with Crippen LogP contribution in [0.1, 0.15) is 16.1 Å². The number of hydrogen-bond donors (Lipinski definition) is 0. The largest absolute Gasteiger partial charge is 0.465 e. The molecule has 3 rings (SSSR count). The molecule has 0 atom stereocenters. The van der Waals surface area contributed by atoms with E-state index in [0.717, 1.165) is 0 Å². The Labute approximate surface area is 136 Å². The van der Waals surface area contributed by atoms with Gasteiger partial charge < -0.3 is 9.15 Å². The maximum Gasteiger partial charge on any atom is 0.339 e. The predicted molar refractivity (Wildman–Crippen MR) is 83.5 cm³/mol. The molecular formula is C15H11ClN4O3. The third kappa shape index (κ3) is 3.29. The Morgan fingerprint density at radius 2 is 2.09 bits per heavy atom. The topological polar surface area (TPSA) is 82.5 Å². The van der Waals surface area contributed by atoms with Gasteiger partial charge >= 0.3 is 5.97 Å². The first-order chi connectivity index (χ1) is 11.2. The molecule has 0 saturated heterocycles. The van der Waals surface area contributed by atoms with E-state index in [2.05, 4.69) is 15.3 Å². The first-order valence-electron chi connectivity index (χ1n) is 6.54. The maximum atomic E-state index is 11.7. The summed E-state index contributed by atoms with van der Waals surface area (Å²) in [5.74, 6) is 0.623. The van der Waals surface area contributed by atoms with Crippen LogP contribution < -0.4 is 0 Å². The normalized spacial score (nSPS) is 11.0. The van der Waals surface area contributed by atoms with E-state index in [9.17, 15) is 4.79 Å². The van der Waals surface area contributed by atoms with Crippen molar-refractivity contribution in [3.05, 3.63) is 59.3 Å². The lowest BCUT2D eigenvalue weighted by Crippen LogP contribution is -2.02. The average molecular weight is 331 g/mol. The number of nitrogens with zero attached hydrogens (tertiary/aromatic N) is 4. The Balaban J connectivity index is 1.87. The summed E-state index contributed by atoms with van der Waals surface area (Å²) in [7, 11) is 1.30. The van der Waals surface area contributed by atoms with E-state index in [1.54, 1.807) is 30.3 Å². The number of methoxy groups -OCH3 is 1. The molecule has 2 heterocycles. The number of aromatic nitrogens is 3. The Hall–Kier alpha value is -2.93. The monoisotopic (exact) mass is 330 g/mol. The molecule has 0 saturated carbocycles. The van der Waals surface area contributed by atoms with Crippen molar-refractivity contribution in [3.63, 3.8) is 0 Å². The number of rotatable bonds is 4. The van der Waals surface area contributed by atoms with Gasteiger partial charge in [-0.1, -0.05) is 11.6 Å². The van der Waals surface area contributed by atoms with Gasteiger partial charge in [-0.2, -0.15) is 5.10 Å². The van der Waals surface area contributed by atoms with Crippen LogP contribution in [0, 0.1) is 0 Å². The third-order valence-electron chi connectivity index (χ3n) is 3.01. The smallest absolute Gasteiger partial charge is 0.339 e. The van der Waals surface area contributed by atoms with Crippen LogP contribution >= 0.6 is 11.6 Å². The molecule has 116 valence electrons. The van der Waals surface area contributed by atoms with E-state index in [-0.39, 0.29) is 5.56 Å². The highest BCUT2D eigenvalue weighted by Crippen LogP contribution is 2.27. The maximum absolute atomic E-state index is 11.7. The van der Waals surface area contributed by atoms with Gasteiger partial charge in [-0.15, -0.1) is 10.2 Å². The number of carbonyl (C=O) groups is 1. The molecule has 0 N–H and O–H groups in total. The molecule has 0 bridgehead atoms. The molecule has 0 fully saturated rings. The van der Waals surface area contributed by atoms with Crippen LogP contribution in [0.5, 0.6) is 0 Å². The molecule has 8 heteroatoms. The number of ether oxygens (including phenoxy) is 1. The zero-order chi connectivity index (χ0) is 16.2. The number of esters is 1. The number of furan rings is 1. The second-order valence-electron chi connectivity index (χ2n) is 4.47. The highest BCUT2D eigenvalue weighted by Gasteiger charge is 2.13. The van der Waals surface area contributed by atoms with Crippen LogP contribution in [-0.4, -0.2) is 34.2 Å². The summed E-state index contributed by atoms with van der Waals surface area (Å²) in [5, 5.41) is 11.7. The highest BCUT2D eigenvalue weighted by atomic mass is 35.5. The van der Waals surface area contributed by atoms with E-state index in [1.807, 2.05) is 0 Å². The molecule has 1 aromatic carbocycles. The number of hydrogen-bond acceptors (Lipinski definition) is 6. The number of halogens is 1. The summed E-state index contributed by atoms with van der Waals surface area (Å²) in [6, 6.07) is 8.53. The van der Waals surface area contributed by atoms with Gasteiger partial charge in [0.05, 0.1) is 23.9 Å². The first-order valence-corrected chi connectivity index (χ1v) is 6.92. The summed E-state index contributed by atoms with van der Waals surface area (Å²) in [5.41, 5.74) is 0.988. The van der Waals surface area contributed by atoms with Crippen LogP contribution in [-0.2, 0) is 4.74 Å². The first kappa shape index (κ1) is 15.0. The van der Waals surface area contributed by atoms with Crippen LogP contribution in [0.4, 0.5) is 0 Å². The fourth-order valence-electron chi connectivity index (χ4n) is 1.90. The highest BCUT2D eigenvalue weighted by molar-refractivity contribution is 6.33. The van der Waals surface area contributed by atoms with Crippen molar-refractivity contribution < 1.29 is 13.9 Å². The SMILES string of the molecule is COC(=O)c1cc(-c2ccc(C=Nn3cnnc3)o2)ccc1Cl. The molecule has 0 spiro atoms. The Morgan fingerprint density at radius 3 is 2.83 bits per heavy atom. The van der Waals surface area contributed by atoms with Crippen molar-refractivity contribution in [2.24, 2.45) is 5.10 Å². The molecule has 0 unspecified atom stereocenters. The summed E-state index contributed by atoms with van der Waals surface area (Å²) >= 11 is 6.00. The van der Waals surface area contributed by atoms with E-state index in [0.29, 0.717) is 22.1 Å². The molecule has 7 nitrogen and oxygen atoms in total. The van der Waals surface area contributed by atoms with Crippen molar-refractivity contribution >= 4 is 23.8 Å². The van der Waals surface area contributed by atoms with Gasteiger partial charge in [0, 0.05) is 5.56 Å². The van der Waals surface area contributed by atoms with Crippen molar-refractivity contribution in [2.75, 3.05) is 7.11 Å². The van der Waals surface area contributed by atoms with Crippen molar-refractivity contribution in [3.8, 4) is 11.3 Å². The fraction of sp³-hybridized carbons (Fsp3) is 0.0667. The van der Waals surface area contributed by atoms with Gasteiger partial charge in [0.2, 0.25) is 0 Å². The van der Waals surface area contributed by atoms with Crippen molar-refractivity contribution in [1.82, 2.24) is 14.9 Å². The zero-order valence-corrected chi connectivity index (χ0v) is 12.8. The number of benzene rings is 1. The molecule has 0 aliphatic rings. The minimum atomic E-state index is -0.502. The lowest BCUT2D eigenvalue weighted by atomic mass is 10.1. The van der Waals surface area contributed by atoms with Gasteiger partial charge in [-0.25, -0.2) is 9.47 Å². The zero-order valence-electron chi connectivity index (χ0n) is 12.0. The van der Waals surface area contributed by atoms with Crippen molar-refractivity contribution in [1.29, 1.82) is 0 Å². The van der Waals surface area contributed by atoms with Gasteiger partial charge in [-0.05, 0) is 30.3 Å².